The van der Waals surface area contributed by atoms with Crippen LogP contribution in [0.5, 0.6) is 0 Å². The number of aliphatic imine (C=N–C) groups is 1. The highest BCUT2D eigenvalue weighted by atomic mass is 32.1. The molecule has 0 saturated carbocycles. The molecule has 0 aliphatic rings. The van der Waals surface area contributed by atoms with Crippen LogP contribution in [0.4, 0.5) is 0 Å². The van der Waals surface area contributed by atoms with Crippen LogP contribution >= 0.6 is 22.7 Å². The van der Waals surface area contributed by atoms with Crippen molar-refractivity contribution >= 4 is 28.6 Å². The topological polar surface area (TPSA) is 62.2 Å². The molecule has 0 aliphatic heterocycles. The average molecular weight is 352 g/mol. The molecular weight excluding hydrogens is 326 g/mol. The predicted octanol–water partition coefficient (Wildman–Crippen LogP) is 3.11. The highest BCUT2D eigenvalue weighted by molar-refractivity contribution is 7.09. The Morgan fingerprint density at radius 1 is 1.17 bits per heavy atom. The van der Waals surface area contributed by atoms with Gasteiger partial charge in [0.15, 0.2) is 5.96 Å². The number of nitrogens with zero attached hydrogens (tertiary/aromatic N) is 3. The molecule has 23 heavy (non-hydrogen) atoms. The second kappa shape index (κ2) is 7.88. The molecule has 0 unspecified atom stereocenters. The molecule has 7 heteroatoms. The van der Waals surface area contributed by atoms with E-state index in [1.165, 1.54) is 0 Å². The summed E-state index contributed by atoms with van der Waals surface area (Å²) in [6, 6.07) is 0. The van der Waals surface area contributed by atoms with Gasteiger partial charge in [0.2, 0.25) is 0 Å². The number of hydrogen-bond donors (Lipinski definition) is 2. The van der Waals surface area contributed by atoms with Gasteiger partial charge in [-0.15, -0.1) is 22.7 Å². The molecule has 0 atom stereocenters. The maximum atomic E-state index is 4.68. The van der Waals surface area contributed by atoms with E-state index < -0.39 is 0 Å². The zero-order chi connectivity index (χ0) is 16.9. The molecule has 0 aromatic carbocycles. The molecule has 0 fully saturated rings. The first-order valence-corrected chi connectivity index (χ1v) is 9.45. The number of guanidine groups is 1. The molecule has 5 nitrogen and oxygen atoms in total. The predicted molar refractivity (Wildman–Crippen MR) is 99.6 cm³/mol. The Hall–Kier alpha value is -1.47. The number of nitrogens with one attached hydrogen (secondary N) is 2. The van der Waals surface area contributed by atoms with E-state index in [2.05, 4.69) is 57.1 Å². The van der Waals surface area contributed by atoms with Crippen LogP contribution in [0.15, 0.2) is 15.8 Å². The van der Waals surface area contributed by atoms with Crippen LogP contribution in [0, 0.1) is 6.92 Å². The van der Waals surface area contributed by atoms with Crippen LogP contribution in [0.2, 0.25) is 0 Å². The molecule has 2 N–H and O–H groups in total. The van der Waals surface area contributed by atoms with Crippen molar-refractivity contribution < 1.29 is 0 Å². The van der Waals surface area contributed by atoms with Crippen molar-refractivity contribution in [2.45, 2.75) is 46.1 Å². The Labute approximate surface area is 146 Å². The summed E-state index contributed by atoms with van der Waals surface area (Å²) in [4.78, 5) is 13.4. The van der Waals surface area contributed by atoms with Gasteiger partial charge in [0.1, 0.15) is 5.01 Å². The van der Waals surface area contributed by atoms with Crippen molar-refractivity contribution in [3.8, 4) is 0 Å². The minimum Gasteiger partial charge on any atom is -0.356 e. The van der Waals surface area contributed by atoms with Crippen molar-refractivity contribution in [3.63, 3.8) is 0 Å². The van der Waals surface area contributed by atoms with Crippen LogP contribution in [-0.4, -0.2) is 29.5 Å². The van der Waals surface area contributed by atoms with Gasteiger partial charge in [0, 0.05) is 36.2 Å². The van der Waals surface area contributed by atoms with Crippen molar-refractivity contribution in [2.75, 3.05) is 13.6 Å². The fourth-order valence-corrected chi connectivity index (χ4v) is 3.56. The first-order valence-electron chi connectivity index (χ1n) is 7.69. The minimum absolute atomic E-state index is 0.0976. The Morgan fingerprint density at radius 2 is 1.96 bits per heavy atom. The number of aromatic nitrogens is 2. The fourth-order valence-electron chi connectivity index (χ4n) is 1.95. The lowest BCUT2D eigenvalue weighted by molar-refractivity contribution is 0.570. The molecule has 2 aromatic rings. The van der Waals surface area contributed by atoms with Crippen LogP contribution < -0.4 is 10.6 Å². The molecule has 0 saturated heterocycles. The fraction of sp³-hybridized carbons (Fsp3) is 0.562. The van der Waals surface area contributed by atoms with E-state index in [-0.39, 0.29) is 5.41 Å². The second-order valence-corrected chi connectivity index (χ2v) is 8.34. The molecule has 0 amide bonds. The van der Waals surface area contributed by atoms with Gasteiger partial charge in [-0.2, -0.15) is 0 Å². The third kappa shape index (κ3) is 5.58. The van der Waals surface area contributed by atoms with E-state index in [0.29, 0.717) is 6.54 Å². The Kier molecular flexibility index (Phi) is 6.12. The molecule has 0 spiro atoms. The van der Waals surface area contributed by atoms with Crippen LogP contribution in [0.3, 0.4) is 0 Å². The molecule has 2 rings (SSSR count). The normalized spacial score (nSPS) is 12.5. The molecule has 2 aromatic heterocycles. The molecule has 0 radical (unpaired) electrons. The summed E-state index contributed by atoms with van der Waals surface area (Å²) in [6.07, 6.45) is 0.899. The van der Waals surface area contributed by atoms with Gasteiger partial charge in [-0.3, -0.25) is 4.99 Å². The Balaban J connectivity index is 1.77. The SMILES string of the molecule is CN=C(NCCc1csc(C)n1)NCc1nc(C(C)(C)C)cs1. The first kappa shape index (κ1) is 17.9. The summed E-state index contributed by atoms with van der Waals surface area (Å²) in [5.74, 6) is 0.796. The molecule has 126 valence electrons. The van der Waals surface area contributed by atoms with E-state index in [1.807, 2.05) is 6.92 Å². The second-order valence-electron chi connectivity index (χ2n) is 6.34. The lowest BCUT2D eigenvalue weighted by atomic mass is 9.93. The third-order valence-electron chi connectivity index (χ3n) is 3.29. The van der Waals surface area contributed by atoms with Gasteiger partial charge < -0.3 is 10.6 Å². The van der Waals surface area contributed by atoms with E-state index in [4.69, 9.17) is 0 Å². The lowest BCUT2D eigenvalue weighted by Crippen LogP contribution is -2.37. The summed E-state index contributed by atoms with van der Waals surface area (Å²) in [7, 11) is 1.78. The standard InChI is InChI=1S/C16H25N5S2/c1-11-20-12(9-22-11)6-7-18-15(17-5)19-8-14-21-13(10-23-14)16(2,3)4/h9-10H,6-8H2,1-5H3,(H2,17,18,19). The zero-order valence-electron chi connectivity index (χ0n) is 14.4. The monoisotopic (exact) mass is 351 g/mol. The summed E-state index contributed by atoms with van der Waals surface area (Å²) >= 11 is 3.38. The Morgan fingerprint density at radius 3 is 2.52 bits per heavy atom. The zero-order valence-corrected chi connectivity index (χ0v) is 16.1. The van der Waals surface area contributed by atoms with Crippen molar-refractivity contribution in [1.82, 2.24) is 20.6 Å². The number of hydrogen-bond acceptors (Lipinski definition) is 5. The van der Waals surface area contributed by atoms with Crippen molar-refractivity contribution in [3.05, 3.63) is 32.2 Å². The van der Waals surface area contributed by atoms with Gasteiger partial charge in [0.25, 0.3) is 0 Å². The number of aryl methyl sites for hydroxylation is 1. The summed E-state index contributed by atoms with van der Waals surface area (Å²) < 4.78 is 0. The molecular formula is C16H25N5S2. The van der Waals surface area contributed by atoms with Gasteiger partial charge in [0.05, 0.1) is 22.9 Å². The molecule has 0 bridgehead atoms. The van der Waals surface area contributed by atoms with Gasteiger partial charge in [-0.25, -0.2) is 9.97 Å². The van der Waals surface area contributed by atoms with Crippen molar-refractivity contribution in [2.24, 2.45) is 4.99 Å². The van der Waals surface area contributed by atoms with Crippen LogP contribution in [-0.2, 0) is 18.4 Å². The molecule has 0 aliphatic carbocycles. The smallest absolute Gasteiger partial charge is 0.191 e. The third-order valence-corrected chi connectivity index (χ3v) is 4.96. The van der Waals surface area contributed by atoms with Gasteiger partial charge in [-0.1, -0.05) is 20.8 Å². The summed E-state index contributed by atoms with van der Waals surface area (Å²) in [5.41, 5.74) is 2.37. The van der Waals surface area contributed by atoms with E-state index >= 15 is 0 Å². The van der Waals surface area contributed by atoms with Crippen molar-refractivity contribution in [1.29, 1.82) is 0 Å². The highest BCUT2D eigenvalue weighted by Crippen LogP contribution is 2.23. The Bertz CT molecular complexity index is 651. The average Bonchev–Trinajstić information content (AvgIpc) is 3.11. The van der Waals surface area contributed by atoms with E-state index in [0.717, 1.165) is 40.3 Å². The summed E-state index contributed by atoms with van der Waals surface area (Å²) in [5, 5.41) is 13.1. The largest absolute Gasteiger partial charge is 0.356 e. The van der Waals surface area contributed by atoms with Gasteiger partial charge in [-0.05, 0) is 6.92 Å². The lowest BCUT2D eigenvalue weighted by Gasteiger charge is -2.14. The maximum Gasteiger partial charge on any atom is 0.191 e. The van der Waals surface area contributed by atoms with Crippen LogP contribution in [0.25, 0.3) is 0 Å². The van der Waals surface area contributed by atoms with Crippen LogP contribution in [0.1, 0.15) is 42.2 Å². The van der Waals surface area contributed by atoms with Gasteiger partial charge >= 0.3 is 0 Å². The number of rotatable bonds is 5. The maximum absolute atomic E-state index is 4.68. The minimum atomic E-state index is 0.0976. The number of thiazole rings is 2. The van der Waals surface area contributed by atoms with E-state index in [1.54, 1.807) is 29.7 Å². The quantitative estimate of drug-likeness (QED) is 0.642. The molecule has 2 heterocycles. The van der Waals surface area contributed by atoms with E-state index in [9.17, 15) is 0 Å². The first-order chi connectivity index (χ1) is 10.9. The highest BCUT2D eigenvalue weighted by Gasteiger charge is 2.17. The summed E-state index contributed by atoms with van der Waals surface area (Å²) in [6.45, 7) is 10.1.